The summed E-state index contributed by atoms with van der Waals surface area (Å²) in [6, 6.07) is 15.2. The molecule has 2 aromatic rings. The number of nitrogens with one attached hydrogen (secondary N) is 1. The Kier molecular flexibility index (Phi) is 4.36. The van der Waals surface area contributed by atoms with E-state index in [1.807, 2.05) is 48.7 Å². The number of hydrogen-bond acceptors (Lipinski definition) is 3. The van der Waals surface area contributed by atoms with Crippen LogP contribution < -0.4 is 5.32 Å². The van der Waals surface area contributed by atoms with Crippen LogP contribution in [0.2, 0.25) is 0 Å². The molecule has 18 heavy (non-hydrogen) atoms. The van der Waals surface area contributed by atoms with Gasteiger partial charge in [-0.15, -0.1) is 11.8 Å². The topological polar surface area (TPSA) is 42.0 Å². The van der Waals surface area contributed by atoms with Crippen LogP contribution in [-0.2, 0) is 4.79 Å². The number of carbonyl (C=O) groups is 1. The highest BCUT2D eigenvalue weighted by atomic mass is 32.2. The second-order valence-electron chi connectivity index (χ2n) is 3.73. The van der Waals surface area contributed by atoms with E-state index >= 15 is 0 Å². The molecule has 0 fully saturated rings. The molecule has 0 saturated carbocycles. The summed E-state index contributed by atoms with van der Waals surface area (Å²) in [5, 5.41) is 2.61. The number of carbonyl (C=O) groups excluding carboxylic acids is 1. The third-order valence-corrected chi connectivity index (χ3v) is 3.45. The average Bonchev–Trinajstić information content (AvgIpc) is 2.42. The van der Waals surface area contributed by atoms with Crippen LogP contribution in [0.3, 0.4) is 0 Å². The molecule has 4 heteroatoms. The summed E-state index contributed by atoms with van der Waals surface area (Å²) in [7, 11) is 0. The van der Waals surface area contributed by atoms with E-state index in [2.05, 4.69) is 10.3 Å². The molecule has 0 aliphatic carbocycles. The molecule has 0 aliphatic rings. The maximum atomic E-state index is 12.2. The molecule has 92 valence electrons. The lowest BCUT2D eigenvalue weighted by molar-refractivity contribution is -0.115. The van der Waals surface area contributed by atoms with Gasteiger partial charge in [-0.1, -0.05) is 36.4 Å². The molecule has 0 radical (unpaired) electrons. The van der Waals surface area contributed by atoms with Gasteiger partial charge in [0, 0.05) is 6.20 Å². The number of anilines is 1. The molecule has 0 spiro atoms. The fourth-order valence-electron chi connectivity index (χ4n) is 1.65. The zero-order valence-corrected chi connectivity index (χ0v) is 10.9. The summed E-state index contributed by atoms with van der Waals surface area (Å²) in [5.74, 6) is 0.532. The van der Waals surface area contributed by atoms with Gasteiger partial charge in [0.15, 0.2) is 0 Å². The molecule has 1 N–H and O–H groups in total. The van der Waals surface area contributed by atoms with E-state index in [9.17, 15) is 4.79 Å². The van der Waals surface area contributed by atoms with Crippen molar-refractivity contribution in [2.24, 2.45) is 0 Å². The monoisotopic (exact) mass is 258 g/mol. The molecule has 0 saturated heterocycles. The predicted molar refractivity (Wildman–Crippen MR) is 75.6 cm³/mol. The zero-order chi connectivity index (χ0) is 12.8. The fourth-order valence-corrected chi connectivity index (χ4v) is 2.35. The van der Waals surface area contributed by atoms with Crippen LogP contribution in [0.4, 0.5) is 5.82 Å². The van der Waals surface area contributed by atoms with Gasteiger partial charge in [0.1, 0.15) is 11.1 Å². The lowest BCUT2D eigenvalue weighted by atomic mass is 10.1. The van der Waals surface area contributed by atoms with Crippen molar-refractivity contribution >= 4 is 23.5 Å². The van der Waals surface area contributed by atoms with Gasteiger partial charge in [0.05, 0.1) is 0 Å². The summed E-state index contributed by atoms with van der Waals surface area (Å²) in [5.41, 5.74) is 0.999. The molecule has 0 aliphatic heterocycles. The third kappa shape index (κ3) is 3.11. The van der Waals surface area contributed by atoms with Gasteiger partial charge < -0.3 is 5.32 Å². The second-order valence-corrected chi connectivity index (χ2v) is 4.67. The summed E-state index contributed by atoms with van der Waals surface area (Å²) >= 11 is 1.51. The van der Waals surface area contributed by atoms with Crippen molar-refractivity contribution in [3.05, 3.63) is 60.3 Å². The molecule has 1 aromatic carbocycles. The zero-order valence-electron chi connectivity index (χ0n) is 10.0. The Bertz CT molecular complexity index is 502. The molecule has 2 rings (SSSR count). The van der Waals surface area contributed by atoms with Gasteiger partial charge in [-0.25, -0.2) is 4.98 Å². The van der Waals surface area contributed by atoms with Crippen molar-refractivity contribution in [1.82, 2.24) is 4.98 Å². The van der Waals surface area contributed by atoms with E-state index in [-0.39, 0.29) is 11.2 Å². The molecule has 3 nitrogen and oxygen atoms in total. The minimum absolute atomic E-state index is 0.0487. The first kappa shape index (κ1) is 12.6. The molecule has 1 heterocycles. The van der Waals surface area contributed by atoms with Crippen LogP contribution >= 0.6 is 11.8 Å². The number of amides is 1. The van der Waals surface area contributed by atoms with Crippen molar-refractivity contribution in [3.63, 3.8) is 0 Å². The predicted octanol–water partition coefficient (Wildman–Crippen LogP) is 3.12. The summed E-state index contributed by atoms with van der Waals surface area (Å²) in [6.07, 6.45) is 3.59. The van der Waals surface area contributed by atoms with Crippen LogP contribution in [0, 0.1) is 0 Å². The van der Waals surface area contributed by atoms with Gasteiger partial charge >= 0.3 is 0 Å². The average molecular weight is 258 g/mol. The molecule has 0 bridgehead atoms. The molecule has 1 atom stereocenters. The molecular formula is C14H14N2OS. The number of rotatable bonds is 4. The number of benzene rings is 1. The van der Waals surface area contributed by atoms with Crippen LogP contribution in [0.15, 0.2) is 54.7 Å². The highest BCUT2D eigenvalue weighted by Crippen LogP contribution is 2.27. The van der Waals surface area contributed by atoms with Crippen LogP contribution in [-0.4, -0.2) is 17.1 Å². The largest absolute Gasteiger partial charge is 0.309 e. The standard InChI is InChI=1S/C14H14N2OS/c1-18-13(11-7-3-2-4-8-11)14(17)16-12-9-5-6-10-15-12/h2-10,13H,1H3,(H,15,16,17). The smallest absolute Gasteiger partial charge is 0.243 e. The Hall–Kier alpha value is -1.81. The highest BCUT2D eigenvalue weighted by molar-refractivity contribution is 7.99. The Morgan fingerprint density at radius 2 is 1.89 bits per heavy atom. The minimum Gasteiger partial charge on any atom is -0.309 e. The van der Waals surface area contributed by atoms with Crippen molar-refractivity contribution in [2.45, 2.75) is 5.25 Å². The Balaban J connectivity index is 2.12. The first-order valence-electron chi connectivity index (χ1n) is 5.61. The van der Waals surface area contributed by atoms with Gasteiger partial charge in [-0.2, -0.15) is 0 Å². The maximum absolute atomic E-state index is 12.2. The van der Waals surface area contributed by atoms with Crippen molar-refractivity contribution in [3.8, 4) is 0 Å². The van der Waals surface area contributed by atoms with Crippen LogP contribution in [0.25, 0.3) is 0 Å². The normalized spacial score (nSPS) is 11.8. The number of thioether (sulfide) groups is 1. The number of pyridine rings is 1. The number of hydrogen-bond donors (Lipinski definition) is 1. The van der Waals surface area contributed by atoms with Crippen molar-refractivity contribution in [1.29, 1.82) is 0 Å². The van der Waals surface area contributed by atoms with Gasteiger partial charge in [-0.05, 0) is 24.0 Å². The van der Waals surface area contributed by atoms with E-state index in [1.165, 1.54) is 11.8 Å². The summed E-state index contributed by atoms with van der Waals surface area (Å²) in [6.45, 7) is 0. The molecule has 1 amide bonds. The molecule has 1 unspecified atom stereocenters. The van der Waals surface area contributed by atoms with E-state index < -0.39 is 0 Å². The quantitative estimate of drug-likeness (QED) is 0.916. The number of nitrogens with zero attached hydrogens (tertiary/aromatic N) is 1. The summed E-state index contributed by atoms with van der Waals surface area (Å²) in [4.78, 5) is 16.3. The fraction of sp³-hybridized carbons (Fsp3) is 0.143. The minimum atomic E-state index is -0.215. The Labute approximate surface area is 111 Å². The summed E-state index contributed by atoms with van der Waals surface area (Å²) < 4.78 is 0. The van der Waals surface area contributed by atoms with E-state index in [1.54, 1.807) is 12.3 Å². The lowest BCUT2D eigenvalue weighted by Crippen LogP contribution is -2.19. The van der Waals surface area contributed by atoms with Crippen molar-refractivity contribution < 1.29 is 4.79 Å². The van der Waals surface area contributed by atoms with Gasteiger partial charge in [0.25, 0.3) is 0 Å². The van der Waals surface area contributed by atoms with Crippen molar-refractivity contribution in [2.75, 3.05) is 11.6 Å². The first-order chi connectivity index (χ1) is 8.81. The Morgan fingerprint density at radius 3 is 2.50 bits per heavy atom. The second kappa shape index (κ2) is 6.21. The highest BCUT2D eigenvalue weighted by Gasteiger charge is 2.19. The molecular weight excluding hydrogens is 244 g/mol. The van der Waals surface area contributed by atoms with E-state index in [0.29, 0.717) is 5.82 Å². The van der Waals surface area contributed by atoms with Gasteiger partial charge in [0.2, 0.25) is 5.91 Å². The number of aromatic nitrogens is 1. The van der Waals surface area contributed by atoms with E-state index in [0.717, 1.165) is 5.56 Å². The van der Waals surface area contributed by atoms with E-state index in [4.69, 9.17) is 0 Å². The lowest BCUT2D eigenvalue weighted by Gasteiger charge is -2.14. The van der Waals surface area contributed by atoms with Crippen LogP contribution in [0.1, 0.15) is 10.8 Å². The maximum Gasteiger partial charge on any atom is 0.243 e. The molecule has 1 aromatic heterocycles. The van der Waals surface area contributed by atoms with Crippen LogP contribution in [0.5, 0.6) is 0 Å². The SMILES string of the molecule is CSC(C(=O)Nc1ccccn1)c1ccccc1. The Morgan fingerprint density at radius 1 is 1.17 bits per heavy atom. The third-order valence-electron chi connectivity index (χ3n) is 2.49. The first-order valence-corrected chi connectivity index (χ1v) is 6.89. The van der Waals surface area contributed by atoms with Gasteiger partial charge in [-0.3, -0.25) is 4.79 Å².